The molecule has 0 bridgehead atoms. The van der Waals surface area contributed by atoms with Crippen molar-refractivity contribution in [2.45, 2.75) is 26.9 Å². The van der Waals surface area contributed by atoms with Crippen LogP contribution in [0.4, 0.5) is 5.82 Å². The van der Waals surface area contributed by atoms with E-state index in [9.17, 15) is 5.11 Å². The van der Waals surface area contributed by atoms with Crippen molar-refractivity contribution in [2.75, 3.05) is 5.73 Å². The van der Waals surface area contributed by atoms with Crippen molar-refractivity contribution in [1.29, 1.82) is 0 Å². The van der Waals surface area contributed by atoms with Crippen molar-refractivity contribution in [2.24, 2.45) is 11.8 Å². The number of H-pyrrole nitrogens is 1. The highest BCUT2D eigenvalue weighted by molar-refractivity contribution is 5.38. The van der Waals surface area contributed by atoms with E-state index in [4.69, 9.17) is 5.73 Å². The van der Waals surface area contributed by atoms with E-state index in [0.29, 0.717) is 17.3 Å². The van der Waals surface area contributed by atoms with Gasteiger partial charge in [-0.25, -0.2) is 0 Å². The van der Waals surface area contributed by atoms with E-state index in [1.165, 1.54) is 0 Å². The van der Waals surface area contributed by atoms with Gasteiger partial charge in [-0.3, -0.25) is 5.10 Å². The number of aliphatic hydroxyl groups excluding tert-OH is 1. The molecule has 0 amide bonds. The minimum atomic E-state index is -0.529. The van der Waals surface area contributed by atoms with Crippen LogP contribution in [0.3, 0.4) is 0 Å². The van der Waals surface area contributed by atoms with Crippen molar-refractivity contribution >= 4 is 5.82 Å². The fraction of sp³-hybridized carbons (Fsp3) is 0.667. The fourth-order valence-electron chi connectivity index (χ4n) is 1.19. The van der Waals surface area contributed by atoms with Crippen LogP contribution < -0.4 is 5.73 Å². The van der Waals surface area contributed by atoms with Crippen LogP contribution in [0.5, 0.6) is 0 Å². The molecule has 1 aromatic heterocycles. The highest BCUT2D eigenvalue weighted by Gasteiger charge is 2.22. The molecule has 0 aliphatic heterocycles. The van der Waals surface area contributed by atoms with Crippen LogP contribution in [0, 0.1) is 11.8 Å². The molecule has 1 rings (SSSR count). The molecule has 1 heterocycles. The second-order valence-corrected chi connectivity index (χ2v) is 3.79. The molecule has 13 heavy (non-hydrogen) atoms. The second-order valence-electron chi connectivity index (χ2n) is 3.79. The van der Waals surface area contributed by atoms with E-state index in [1.807, 2.05) is 6.92 Å². The Morgan fingerprint density at radius 2 is 2.08 bits per heavy atom. The molecule has 4 heteroatoms. The first-order valence-corrected chi connectivity index (χ1v) is 4.50. The Morgan fingerprint density at radius 3 is 2.46 bits per heavy atom. The molecule has 1 aromatic rings. The van der Waals surface area contributed by atoms with Gasteiger partial charge in [0, 0.05) is 5.56 Å². The molecule has 0 fully saturated rings. The van der Waals surface area contributed by atoms with Gasteiger partial charge >= 0.3 is 0 Å². The molecule has 4 nitrogen and oxygen atoms in total. The molecule has 74 valence electrons. The third-order valence-corrected chi connectivity index (χ3v) is 2.57. The van der Waals surface area contributed by atoms with E-state index < -0.39 is 6.10 Å². The minimum absolute atomic E-state index is 0.180. The number of hydrogen-bond donors (Lipinski definition) is 3. The van der Waals surface area contributed by atoms with Gasteiger partial charge in [0.05, 0.1) is 12.3 Å². The van der Waals surface area contributed by atoms with Gasteiger partial charge in [0.25, 0.3) is 0 Å². The number of rotatable bonds is 3. The van der Waals surface area contributed by atoms with Gasteiger partial charge in [-0.15, -0.1) is 0 Å². The van der Waals surface area contributed by atoms with Gasteiger partial charge in [-0.1, -0.05) is 20.8 Å². The third-order valence-electron chi connectivity index (χ3n) is 2.57. The second kappa shape index (κ2) is 3.79. The van der Waals surface area contributed by atoms with Gasteiger partial charge in [-0.2, -0.15) is 5.10 Å². The van der Waals surface area contributed by atoms with Gasteiger partial charge < -0.3 is 10.8 Å². The summed E-state index contributed by atoms with van der Waals surface area (Å²) in [7, 11) is 0. The number of nitrogens with zero attached hydrogens (tertiary/aromatic N) is 1. The predicted molar refractivity (Wildman–Crippen MR) is 52.0 cm³/mol. The van der Waals surface area contributed by atoms with Crippen LogP contribution in [0.1, 0.15) is 32.4 Å². The predicted octanol–water partition coefficient (Wildman–Crippen LogP) is 1.32. The number of aromatic nitrogens is 2. The molecule has 0 radical (unpaired) electrons. The number of nitrogens with two attached hydrogens (primary N) is 1. The number of nitrogens with one attached hydrogen (secondary N) is 1. The Bertz CT molecular complexity index is 270. The van der Waals surface area contributed by atoms with Gasteiger partial charge in [-0.05, 0) is 11.8 Å². The average Bonchev–Trinajstić information content (AvgIpc) is 2.48. The normalized spacial score (nSPS) is 16.1. The van der Waals surface area contributed by atoms with Crippen LogP contribution in [0.2, 0.25) is 0 Å². The number of aromatic amines is 1. The Morgan fingerprint density at radius 1 is 1.46 bits per heavy atom. The lowest BCUT2D eigenvalue weighted by molar-refractivity contribution is 0.0928. The molecule has 4 N–H and O–H groups in total. The van der Waals surface area contributed by atoms with Crippen LogP contribution in [-0.2, 0) is 0 Å². The summed E-state index contributed by atoms with van der Waals surface area (Å²) in [6.45, 7) is 6.15. The first-order valence-electron chi connectivity index (χ1n) is 4.50. The number of aliphatic hydroxyl groups is 1. The summed E-state index contributed by atoms with van der Waals surface area (Å²) in [5.74, 6) is 1.06. The number of anilines is 1. The van der Waals surface area contributed by atoms with Crippen LogP contribution >= 0.6 is 0 Å². The van der Waals surface area contributed by atoms with Crippen LogP contribution in [0.15, 0.2) is 6.20 Å². The minimum Gasteiger partial charge on any atom is -0.388 e. The van der Waals surface area contributed by atoms with Crippen molar-refractivity contribution in [3.63, 3.8) is 0 Å². The van der Waals surface area contributed by atoms with E-state index in [-0.39, 0.29) is 5.92 Å². The van der Waals surface area contributed by atoms with Crippen LogP contribution in [-0.4, -0.2) is 15.3 Å². The SMILES string of the molecule is CC(C)C(C)C(O)c1cn[nH]c1N. The quantitative estimate of drug-likeness (QED) is 0.661. The highest BCUT2D eigenvalue weighted by Crippen LogP contribution is 2.29. The van der Waals surface area contributed by atoms with Gasteiger partial charge in [0.1, 0.15) is 5.82 Å². The van der Waals surface area contributed by atoms with Crippen molar-refractivity contribution < 1.29 is 5.11 Å². The zero-order chi connectivity index (χ0) is 10.0. The summed E-state index contributed by atoms with van der Waals surface area (Å²) in [6.07, 6.45) is 1.05. The van der Waals surface area contributed by atoms with E-state index in [2.05, 4.69) is 24.0 Å². The monoisotopic (exact) mass is 183 g/mol. The van der Waals surface area contributed by atoms with Crippen molar-refractivity contribution in [3.05, 3.63) is 11.8 Å². The number of hydrogen-bond acceptors (Lipinski definition) is 3. The standard InChI is InChI=1S/C9H17N3O/c1-5(2)6(3)8(13)7-4-11-12-9(7)10/h4-6,8,13H,1-3H3,(H3,10,11,12). The van der Waals surface area contributed by atoms with Gasteiger partial charge in [0.2, 0.25) is 0 Å². The Labute approximate surface area is 78.2 Å². The largest absolute Gasteiger partial charge is 0.388 e. The maximum Gasteiger partial charge on any atom is 0.124 e. The summed E-state index contributed by atoms with van der Waals surface area (Å²) in [4.78, 5) is 0. The first-order chi connectivity index (χ1) is 6.04. The average molecular weight is 183 g/mol. The Hall–Kier alpha value is -1.03. The lowest BCUT2D eigenvalue weighted by atomic mass is 9.89. The maximum absolute atomic E-state index is 9.89. The molecular formula is C9H17N3O. The summed E-state index contributed by atoms with van der Waals surface area (Å²) < 4.78 is 0. The fourth-order valence-corrected chi connectivity index (χ4v) is 1.19. The van der Waals surface area contributed by atoms with E-state index >= 15 is 0 Å². The van der Waals surface area contributed by atoms with Gasteiger partial charge in [0.15, 0.2) is 0 Å². The zero-order valence-electron chi connectivity index (χ0n) is 8.28. The molecule has 0 saturated heterocycles. The lowest BCUT2D eigenvalue weighted by Gasteiger charge is -2.21. The van der Waals surface area contributed by atoms with Crippen LogP contribution in [0.25, 0.3) is 0 Å². The summed E-state index contributed by atoms with van der Waals surface area (Å²) in [5.41, 5.74) is 6.30. The summed E-state index contributed by atoms with van der Waals surface area (Å²) in [6, 6.07) is 0. The third kappa shape index (κ3) is 2.01. The molecule has 2 atom stereocenters. The van der Waals surface area contributed by atoms with E-state index in [0.717, 1.165) is 0 Å². The number of nitrogen functional groups attached to an aromatic ring is 1. The highest BCUT2D eigenvalue weighted by atomic mass is 16.3. The first kappa shape index (κ1) is 10.1. The Balaban J connectivity index is 2.79. The molecular weight excluding hydrogens is 166 g/mol. The van der Waals surface area contributed by atoms with E-state index in [1.54, 1.807) is 6.20 Å². The maximum atomic E-state index is 9.89. The molecule has 2 unspecified atom stereocenters. The molecule has 0 saturated carbocycles. The van der Waals surface area contributed by atoms with Crippen molar-refractivity contribution in [3.8, 4) is 0 Å². The molecule has 0 aliphatic rings. The zero-order valence-corrected chi connectivity index (χ0v) is 8.28. The Kier molecular flexibility index (Phi) is 2.93. The smallest absolute Gasteiger partial charge is 0.124 e. The topological polar surface area (TPSA) is 74.9 Å². The lowest BCUT2D eigenvalue weighted by Crippen LogP contribution is -2.15. The summed E-state index contributed by atoms with van der Waals surface area (Å²) >= 11 is 0. The molecule has 0 aliphatic carbocycles. The summed E-state index contributed by atoms with van der Waals surface area (Å²) in [5, 5.41) is 16.3. The molecule has 0 spiro atoms. The van der Waals surface area contributed by atoms with Crippen molar-refractivity contribution in [1.82, 2.24) is 10.2 Å². The molecule has 0 aromatic carbocycles.